The van der Waals surface area contributed by atoms with E-state index < -0.39 is 29.4 Å². The molecule has 2 atom stereocenters. The van der Waals surface area contributed by atoms with Gasteiger partial charge < -0.3 is 20.1 Å². The molecule has 1 aliphatic rings. The Labute approximate surface area is 113 Å². The summed E-state index contributed by atoms with van der Waals surface area (Å²) in [5.74, 6) is -0.425. The van der Waals surface area contributed by atoms with E-state index in [-0.39, 0.29) is 18.7 Å². The molecule has 0 spiro atoms. The molecule has 0 bridgehead atoms. The highest BCUT2D eigenvalue weighted by Crippen LogP contribution is 2.11. The van der Waals surface area contributed by atoms with Gasteiger partial charge in [-0.1, -0.05) is 0 Å². The fraction of sp³-hybridized carbons (Fsp3) is 0.417. The summed E-state index contributed by atoms with van der Waals surface area (Å²) in [6, 6.07) is 0. The number of likely N-dealkylation sites (tertiary alicyclic amines) is 1. The molecule has 1 saturated heterocycles. The Kier molecular flexibility index (Phi) is 3.86. The van der Waals surface area contributed by atoms with Crippen LogP contribution in [0.3, 0.4) is 0 Å². The van der Waals surface area contributed by atoms with E-state index in [1.54, 1.807) is 6.92 Å². The summed E-state index contributed by atoms with van der Waals surface area (Å²) < 4.78 is 0. The monoisotopic (exact) mass is 281 g/mol. The van der Waals surface area contributed by atoms with Crippen LogP contribution >= 0.6 is 0 Å². The average molecular weight is 281 g/mol. The van der Waals surface area contributed by atoms with Gasteiger partial charge in [-0.2, -0.15) is 0 Å². The number of β-amino-alcohol motifs (C(OH)–C–C–N with tert-alkyl or cyclic N) is 2. The zero-order valence-electron chi connectivity index (χ0n) is 10.8. The van der Waals surface area contributed by atoms with Crippen molar-refractivity contribution in [3.63, 3.8) is 0 Å². The minimum atomic E-state index is -0.953. The molecule has 0 saturated carbocycles. The lowest BCUT2D eigenvalue weighted by molar-refractivity contribution is -0.125. The Morgan fingerprint density at radius 2 is 1.85 bits per heavy atom. The van der Waals surface area contributed by atoms with Crippen molar-refractivity contribution < 1.29 is 15.0 Å². The summed E-state index contributed by atoms with van der Waals surface area (Å²) in [6.07, 6.45) is 0.556. The molecule has 108 valence electrons. The number of aromatic nitrogens is 2. The van der Waals surface area contributed by atoms with E-state index in [9.17, 15) is 24.6 Å². The maximum Gasteiger partial charge on any atom is 0.325 e. The van der Waals surface area contributed by atoms with Crippen LogP contribution in [-0.4, -0.2) is 56.3 Å². The van der Waals surface area contributed by atoms with Crippen molar-refractivity contribution in [3.8, 4) is 0 Å². The number of aromatic amines is 2. The second kappa shape index (κ2) is 5.43. The first kappa shape index (κ1) is 14.2. The minimum absolute atomic E-state index is 0.0469. The normalized spacial score (nSPS) is 22.6. The van der Waals surface area contributed by atoms with Gasteiger partial charge in [-0.25, -0.2) is 4.79 Å². The smallest absolute Gasteiger partial charge is 0.325 e. The maximum atomic E-state index is 11.8. The van der Waals surface area contributed by atoms with Gasteiger partial charge in [0.25, 0.3) is 5.56 Å². The van der Waals surface area contributed by atoms with Gasteiger partial charge in [0.15, 0.2) is 0 Å². The number of aryl methyl sites for hydroxylation is 1. The Bertz CT molecular complexity index is 650. The lowest BCUT2D eigenvalue weighted by atomic mass is 10.2. The SMILES string of the molecule is Cc1[nH]c(=O)[nH]c(=O)c1C=CC(=O)N1CC(O)C(O)C1. The van der Waals surface area contributed by atoms with Crippen molar-refractivity contribution in [2.45, 2.75) is 19.1 Å². The third-order valence-corrected chi connectivity index (χ3v) is 3.14. The molecule has 8 heteroatoms. The first-order chi connectivity index (χ1) is 9.38. The van der Waals surface area contributed by atoms with Crippen LogP contribution in [0.4, 0.5) is 0 Å². The molecule has 1 aromatic heterocycles. The Morgan fingerprint density at radius 3 is 2.40 bits per heavy atom. The molecule has 8 nitrogen and oxygen atoms in total. The molecule has 2 rings (SSSR count). The molecule has 4 N–H and O–H groups in total. The van der Waals surface area contributed by atoms with Gasteiger partial charge in [0.2, 0.25) is 5.91 Å². The van der Waals surface area contributed by atoms with Crippen LogP contribution < -0.4 is 11.2 Å². The predicted octanol–water partition coefficient (Wildman–Crippen LogP) is -2.05. The number of carbonyl (C=O) groups excluding carboxylic acids is 1. The van der Waals surface area contributed by atoms with E-state index in [0.29, 0.717) is 5.69 Å². The first-order valence-electron chi connectivity index (χ1n) is 6.05. The van der Waals surface area contributed by atoms with Crippen molar-refractivity contribution in [3.05, 3.63) is 38.2 Å². The Hall–Kier alpha value is -2.19. The summed E-state index contributed by atoms with van der Waals surface area (Å²) in [7, 11) is 0. The fourth-order valence-electron chi connectivity index (χ4n) is 2.02. The number of amides is 1. The van der Waals surface area contributed by atoms with Crippen LogP contribution in [0.1, 0.15) is 11.3 Å². The lowest BCUT2D eigenvalue weighted by Crippen LogP contribution is -2.28. The first-order valence-corrected chi connectivity index (χ1v) is 6.05. The molecule has 0 aromatic carbocycles. The van der Waals surface area contributed by atoms with Crippen molar-refractivity contribution in [1.29, 1.82) is 0 Å². The number of hydrogen-bond acceptors (Lipinski definition) is 5. The largest absolute Gasteiger partial charge is 0.388 e. The van der Waals surface area contributed by atoms with E-state index in [2.05, 4.69) is 9.97 Å². The standard InChI is InChI=1S/C12H15N3O5/c1-6-7(11(19)14-12(20)13-6)2-3-10(18)15-4-8(16)9(17)5-15/h2-3,8-9,16-17H,4-5H2,1H3,(H2,13,14,19,20). The molecule has 2 unspecified atom stereocenters. The van der Waals surface area contributed by atoms with E-state index in [4.69, 9.17) is 0 Å². The second-order valence-electron chi connectivity index (χ2n) is 4.66. The average Bonchev–Trinajstić information content (AvgIpc) is 2.68. The van der Waals surface area contributed by atoms with Crippen molar-refractivity contribution in [1.82, 2.24) is 14.9 Å². The molecule has 1 aromatic rings. The highest BCUT2D eigenvalue weighted by Gasteiger charge is 2.31. The van der Waals surface area contributed by atoms with Gasteiger partial charge in [-0.3, -0.25) is 14.6 Å². The van der Waals surface area contributed by atoms with Gasteiger partial charge in [-0.05, 0) is 13.0 Å². The summed E-state index contributed by atoms with van der Waals surface area (Å²) in [4.78, 5) is 40.2. The fourth-order valence-corrected chi connectivity index (χ4v) is 2.02. The van der Waals surface area contributed by atoms with Gasteiger partial charge in [0.05, 0.1) is 17.8 Å². The topological polar surface area (TPSA) is 126 Å². The van der Waals surface area contributed by atoms with Crippen molar-refractivity contribution >= 4 is 12.0 Å². The Morgan fingerprint density at radius 1 is 1.25 bits per heavy atom. The second-order valence-corrected chi connectivity index (χ2v) is 4.66. The minimum Gasteiger partial charge on any atom is -0.388 e. The molecule has 1 amide bonds. The van der Waals surface area contributed by atoms with Crippen LogP contribution in [0.5, 0.6) is 0 Å². The van der Waals surface area contributed by atoms with E-state index in [0.717, 1.165) is 0 Å². The molecular formula is C12H15N3O5. The van der Waals surface area contributed by atoms with Crippen LogP contribution in [0.25, 0.3) is 6.08 Å². The van der Waals surface area contributed by atoms with Gasteiger partial charge in [-0.15, -0.1) is 0 Å². The quantitative estimate of drug-likeness (QED) is 0.464. The molecule has 1 fully saturated rings. The summed E-state index contributed by atoms with van der Waals surface area (Å²) >= 11 is 0. The number of nitrogens with zero attached hydrogens (tertiary/aromatic N) is 1. The van der Waals surface area contributed by atoms with E-state index in [1.807, 2.05) is 0 Å². The number of aliphatic hydroxyl groups excluding tert-OH is 2. The Balaban J connectivity index is 2.16. The molecular weight excluding hydrogens is 266 g/mol. The molecule has 0 aliphatic carbocycles. The van der Waals surface area contributed by atoms with Crippen LogP contribution in [0, 0.1) is 6.92 Å². The highest BCUT2D eigenvalue weighted by atomic mass is 16.3. The third kappa shape index (κ3) is 2.86. The summed E-state index contributed by atoms with van der Waals surface area (Å²) in [6.45, 7) is 1.64. The molecule has 1 aliphatic heterocycles. The number of H-pyrrole nitrogens is 2. The van der Waals surface area contributed by atoms with Crippen molar-refractivity contribution in [2.75, 3.05) is 13.1 Å². The van der Waals surface area contributed by atoms with Crippen LogP contribution in [0.15, 0.2) is 15.7 Å². The summed E-state index contributed by atoms with van der Waals surface area (Å²) in [5, 5.41) is 18.7. The van der Waals surface area contributed by atoms with Crippen LogP contribution in [0.2, 0.25) is 0 Å². The van der Waals surface area contributed by atoms with Gasteiger partial charge in [0, 0.05) is 24.9 Å². The van der Waals surface area contributed by atoms with E-state index >= 15 is 0 Å². The van der Waals surface area contributed by atoms with E-state index in [1.165, 1.54) is 17.1 Å². The van der Waals surface area contributed by atoms with Gasteiger partial charge >= 0.3 is 5.69 Å². The van der Waals surface area contributed by atoms with Crippen molar-refractivity contribution in [2.24, 2.45) is 0 Å². The van der Waals surface area contributed by atoms with Gasteiger partial charge in [0.1, 0.15) is 0 Å². The maximum absolute atomic E-state index is 11.8. The number of rotatable bonds is 2. The zero-order valence-corrected chi connectivity index (χ0v) is 10.8. The third-order valence-electron chi connectivity index (χ3n) is 3.14. The zero-order chi connectivity index (χ0) is 14.9. The van der Waals surface area contributed by atoms with Crippen LogP contribution in [-0.2, 0) is 4.79 Å². The number of carbonyl (C=O) groups is 1. The number of aliphatic hydroxyl groups is 2. The summed E-state index contributed by atoms with van der Waals surface area (Å²) in [5.41, 5.74) is -0.666. The highest BCUT2D eigenvalue weighted by molar-refractivity contribution is 5.92. The molecule has 20 heavy (non-hydrogen) atoms. The number of hydrogen-bond donors (Lipinski definition) is 4. The lowest BCUT2D eigenvalue weighted by Gasteiger charge is -2.12. The molecule has 2 heterocycles. The predicted molar refractivity (Wildman–Crippen MR) is 70.0 cm³/mol. The number of nitrogens with one attached hydrogen (secondary N) is 2. The molecule has 0 radical (unpaired) electrons.